The quantitative estimate of drug-likeness (QED) is 0.290. The lowest BCUT2D eigenvalue weighted by Crippen LogP contribution is -2.62. The van der Waals surface area contributed by atoms with Gasteiger partial charge in [-0.25, -0.2) is 13.2 Å². The first-order valence-electron chi connectivity index (χ1n) is 10.6. The number of benzene rings is 1. The van der Waals surface area contributed by atoms with E-state index >= 15 is 0 Å². The van der Waals surface area contributed by atoms with Gasteiger partial charge < -0.3 is 20.1 Å². The molecule has 11 nitrogen and oxygen atoms in total. The number of carbonyl (C=O) groups is 3. The number of nitrogens with one attached hydrogen (secondary N) is 1. The van der Waals surface area contributed by atoms with Crippen molar-refractivity contribution >= 4 is 39.9 Å². The van der Waals surface area contributed by atoms with Crippen LogP contribution in [0, 0.1) is 5.92 Å². The Morgan fingerprint density at radius 3 is 2.65 bits per heavy atom. The number of β-lactam (4-membered cyclic amide) rings is 1. The number of carboxylic acids is 1. The molecule has 2 aliphatic rings. The number of carboxylic acid groups (broad SMARTS) is 1. The van der Waals surface area contributed by atoms with Gasteiger partial charge in [0.15, 0.2) is 6.61 Å². The number of aliphatic carboxylic acids is 1. The number of para-hydroxylation sites is 1. The van der Waals surface area contributed by atoms with Crippen LogP contribution in [0.2, 0.25) is 0 Å². The summed E-state index contributed by atoms with van der Waals surface area (Å²) in [6, 6.07) is 8.38. The molecule has 13 heteroatoms. The summed E-state index contributed by atoms with van der Waals surface area (Å²) in [5.74, 6) is -1.92. The van der Waals surface area contributed by atoms with Crippen molar-refractivity contribution in [1.82, 2.24) is 10.2 Å². The van der Waals surface area contributed by atoms with Crippen molar-refractivity contribution in [3.63, 3.8) is 0 Å². The Balaban J connectivity index is 1.51. The minimum atomic E-state index is -4.25. The van der Waals surface area contributed by atoms with Gasteiger partial charge in [-0.3, -0.25) is 9.59 Å². The molecule has 1 unspecified atom stereocenters. The summed E-state index contributed by atoms with van der Waals surface area (Å²) in [5, 5.41) is 12.3. The highest BCUT2D eigenvalue weighted by molar-refractivity contribution is 8.03. The SMILES string of the molecule is CCOS(=O)(=O)OC(C)[C@@H]1C(=O)N2C(C(=O)O)=C(SCCNC(=O)COc3ccccc3)C[C@H]12. The summed E-state index contributed by atoms with van der Waals surface area (Å²) in [5.41, 5.74) is -0.116. The van der Waals surface area contributed by atoms with E-state index in [1.165, 1.54) is 30.5 Å². The van der Waals surface area contributed by atoms with Crippen molar-refractivity contribution in [3.8, 4) is 5.75 Å². The number of fused-ring (bicyclic) bond motifs is 1. The molecule has 0 spiro atoms. The summed E-state index contributed by atoms with van der Waals surface area (Å²) in [7, 11) is -4.25. The maximum absolute atomic E-state index is 12.6. The van der Waals surface area contributed by atoms with Gasteiger partial charge in [0.1, 0.15) is 11.4 Å². The van der Waals surface area contributed by atoms with Crippen LogP contribution in [0.15, 0.2) is 40.9 Å². The number of hydrogen-bond acceptors (Lipinski definition) is 9. The number of rotatable bonds is 13. The molecule has 1 fully saturated rings. The van der Waals surface area contributed by atoms with E-state index in [1.807, 2.05) is 6.07 Å². The van der Waals surface area contributed by atoms with Gasteiger partial charge in [0.05, 0.1) is 24.7 Å². The molecule has 0 aliphatic carbocycles. The van der Waals surface area contributed by atoms with Crippen molar-refractivity contribution in [2.75, 3.05) is 25.5 Å². The lowest BCUT2D eigenvalue weighted by molar-refractivity contribution is -0.160. The number of amides is 2. The van der Waals surface area contributed by atoms with Crippen LogP contribution in [0.1, 0.15) is 20.3 Å². The summed E-state index contributed by atoms with van der Waals surface area (Å²) in [4.78, 5) is 38.0. The van der Waals surface area contributed by atoms with Crippen molar-refractivity contribution in [2.45, 2.75) is 32.4 Å². The van der Waals surface area contributed by atoms with E-state index in [-0.39, 0.29) is 37.8 Å². The highest BCUT2D eigenvalue weighted by Gasteiger charge is 2.57. The second-order valence-electron chi connectivity index (χ2n) is 7.50. The van der Waals surface area contributed by atoms with Crippen molar-refractivity contribution in [2.24, 2.45) is 5.92 Å². The normalized spacial score (nSPS) is 20.5. The van der Waals surface area contributed by atoms with Crippen LogP contribution in [-0.4, -0.2) is 73.9 Å². The van der Waals surface area contributed by atoms with Crippen molar-refractivity contribution < 1.29 is 41.0 Å². The summed E-state index contributed by atoms with van der Waals surface area (Å²) in [6.45, 7) is 2.95. The molecule has 2 aliphatic heterocycles. The van der Waals surface area contributed by atoms with E-state index < -0.39 is 40.3 Å². The van der Waals surface area contributed by atoms with E-state index in [2.05, 4.69) is 9.50 Å². The minimum absolute atomic E-state index is 0.107. The third-order valence-electron chi connectivity index (χ3n) is 5.22. The van der Waals surface area contributed by atoms with Crippen LogP contribution in [0.4, 0.5) is 0 Å². The van der Waals surface area contributed by atoms with E-state index in [1.54, 1.807) is 24.3 Å². The Kier molecular flexibility index (Phi) is 8.57. The zero-order valence-corrected chi connectivity index (χ0v) is 20.3. The molecule has 1 aromatic carbocycles. The van der Waals surface area contributed by atoms with Gasteiger partial charge in [-0.2, -0.15) is 8.42 Å². The Bertz CT molecular complexity index is 1060. The highest BCUT2D eigenvalue weighted by atomic mass is 32.3. The molecule has 34 heavy (non-hydrogen) atoms. The monoisotopic (exact) mass is 514 g/mol. The van der Waals surface area contributed by atoms with Gasteiger partial charge in [-0.15, -0.1) is 11.8 Å². The van der Waals surface area contributed by atoms with Crippen LogP contribution in [-0.2, 0) is 33.1 Å². The molecule has 2 N–H and O–H groups in total. The number of carbonyl (C=O) groups excluding carboxylic acids is 2. The average molecular weight is 515 g/mol. The summed E-state index contributed by atoms with van der Waals surface area (Å²) < 4.78 is 38.4. The van der Waals surface area contributed by atoms with Crippen LogP contribution >= 0.6 is 11.8 Å². The second kappa shape index (κ2) is 11.2. The molecule has 1 aromatic rings. The average Bonchev–Trinajstić information content (AvgIpc) is 3.10. The van der Waals surface area contributed by atoms with E-state index in [9.17, 15) is 27.9 Å². The minimum Gasteiger partial charge on any atom is -0.484 e. The van der Waals surface area contributed by atoms with E-state index in [0.717, 1.165) is 0 Å². The van der Waals surface area contributed by atoms with Crippen LogP contribution in [0.3, 0.4) is 0 Å². The number of ether oxygens (including phenoxy) is 1. The van der Waals surface area contributed by atoms with E-state index in [0.29, 0.717) is 16.4 Å². The number of hydrogen-bond donors (Lipinski definition) is 2. The van der Waals surface area contributed by atoms with Crippen LogP contribution < -0.4 is 10.1 Å². The predicted molar refractivity (Wildman–Crippen MR) is 122 cm³/mol. The molecular weight excluding hydrogens is 488 g/mol. The molecule has 0 bridgehead atoms. The largest absolute Gasteiger partial charge is 0.484 e. The van der Waals surface area contributed by atoms with Gasteiger partial charge in [-0.1, -0.05) is 18.2 Å². The Hall–Kier alpha value is -2.61. The number of thioether (sulfide) groups is 1. The second-order valence-corrected chi connectivity index (χ2v) is 9.93. The van der Waals surface area contributed by atoms with Gasteiger partial charge in [0, 0.05) is 23.6 Å². The first kappa shape index (κ1) is 26.0. The molecule has 3 atom stereocenters. The first-order chi connectivity index (χ1) is 16.1. The standard InChI is InChI=1S/C21H26N2O9S2/c1-3-31-34(28,29)32-13(2)18-15-11-16(19(21(26)27)23(15)20(18)25)33-10-9-22-17(24)12-30-14-7-5-4-6-8-14/h4-8,13,15,18H,3,9-12H2,1-2H3,(H,22,24)(H,26,27)/t13?,15-,18+/m1/s1. The first-order valence-corrected chi connectivity index (χ1v) is 12.9. The summed E-state index contributed by atoms with van der Waals surface area (Å²) in [6.07, 6.45) is -0.746. The molecule has 2 amide bonds. The predicted octanol–water partition coefficient (Wildman–Crippen LogP) is 1.13. The lowest BCUT2D eigenvalue weighted by atomic mass is 9.83. The lowest BCUT2D eigenvalue weighted by Gasteiger charge is -2.45. The number of nitrogens with zero attached hydrogens (tertiary/aromatic N) is 1. The molecule has 0 radical (unpaired) electrons. The topological polar surface area (TPSA) is 149 Å². The van der Waals surface area contributed by atoms with Crippen molar-refractivity contribution in [1.29, 1.82) is 0 Å². The fourth-order valence-electron chi connectivity index (χ4n) is 3.84. The fraction of sp³-hybridized carbons (Fsp3) is 0.476. The Labute approximate surface area is 201 Å². The van der Waals surface area contributed by atoms with Gasteiger partial charge >= 0.3 is 16.4 Å². The highest BCUT2D eigenvalue weighted by Crippen LogP contribution is 2.47. The van der Waals surface area contributed by atoms with Gasteiger partial charge in [-0.05, 0) is 26.0 Å². The third-order valence-corrected chi connectivity index (χ3v) is 7.40. The molecule has 1 saturated heterocycles. The van der Waals surface area contributed by atoms with Crippen molar-refractivity contribution in [3.05, 3.63) is 40.9 Å². The maximum atomic E-state index is 12.6. The molecule has 0 aromatic heterocycles. The van der Waals surface area contributed by atoms with Gasteiger partial charge in [0.25, 0.3) is 5.91 Å². The smallest absolute Gasteiger partial charge is 0.400 e. The van der Waals surface area contributed by atoms with Crippen LogP contribution in [0.25, 0.3) is 0 Å². The zero-order chi connectivity index (χ0) is 24.9. The molecule has 186 valence electrons. The molecule has 0 saturated carbocycles. The van der Waals surface area contributed by atoms with Gasteiger partial charge in [0.2, 0.25) is 5.91 Å². The molecule has 3 rings (SSSR count). The zero-order valence-electron chi connectivity index (χ0n) is 18.6. The third kappa shape index (κ3) is 6.09. The Morgan fingerprint density at radius 2 is 2.00 bits per heavy atom. The Morgan fingerprint density at radius 1 is 1.29 bits per heavy atom. The molecule has 2 heterocycles. The van der Waals surface area contributed by atoms with Crippen LogP contribution in [0.5, 0.6) is 5.75 Å². The maximum Gasteiger partial charge on any atom is 0.400 e. The summed E-state index contributed by atoms with van der Waals surface area (Å²) >= 11 is 1.23. The van der Waals surface area contributed by atoms with E-state index in [4.69, 9.17) is 8.92 Å². The molecular formula is C21H26N2O9S2. The fourth-order valence-corrected chi connectivity index (χ4v) is 5.74.